The second-order valence-corrected chi connectivity index (χ2v) is 5.45. The molecule has 0 amide bonds. The fourth-order valence-corrected chi connectivity index (χ4v) is 3.05. The van der Waals surface area contributed by atoms with Crippen molar-refractivity contribution in [1.29, 1.82) is 0 Å². The zero-order chi connectivity index (χ0) is 11.9. The molecular weight excluding hydrogens is 214 g/mol. The minimum atomic E-state index is 0.435. The molecule has 17 heavy (non-hydrogen) atoms. The molecule has 2 aliphatic rings. The Labute approximate surface area is 105 Å². The quantitative estimate of drug-likeness (QED) is 0.725. The molecule has 0 aromatic carbocycles. The molecule has 1 aliphatic carbocycles. The fraction of sp³-hybridized carbons (Fsp3) is 1.00. The minimum Gasteiger partial charge on any atom is -0.381 e. The minimum absolute atomic E-state index is 0.435. The van der Waals surface area contributed by atoms with Crippen molar-refractivity contribution >= 4 is 0 Å². The van der Waals surface area contributed by atoms with Gasteiger partial charge in [0.1, 0.15) is 0 Å². The van der Waals surface area contributed by atoms with Crippen molar-refractivity contribution in [3.63, 3.8) is 0 Å². The van der Waals surface area contributed by atoms with E-state index < -0.39 is 0 Å². The van der Waals surface area contributed by atoms with E-state index in [0.29, 0.717) is 12.2 Å². The molecule has 3 atom stereocenters. The molecule has 2 rings (SSSR count). The third kappa shape index (κ3) is 4.57. The van der Waals surface area contributed by atoms with Gasteiger partial charge in [-0.15, -0.1) is 0 Å². The summed E-state index contributed by atoms with van der Waals surface area (Å²) in [5.41, 5.74) is 0. The van der Waals surface area contributed by atoms with Gasteiger partial charge in [0.25, 0.3) is 0 Å². The van der Waals surface area contributed by atoms with Crippen molar-refractivity contribution in [1.82, 2.24) is 5.32 Å². The Morgan fingerprint density at radius 3 is 2.76 bits per heavy atom. The van der Waals surface area contributed by atoms with Crippen LogP contribution in [0.15, 0.2) is 0 Å². The molecule has 3 unspecified atom stereocenters. The Kier molecular flexibility index (Phi) is 5.75. The van der Waals surface area contributed by atoms with Gasteiger partial charge >= 0.3 is 0 Å². The van der Waals surface area contributed by atoms with Gasteiger partial charge < -0.3 is 14.8 Å². The molecule has 0 bridgehead atoms. The molecule has 0 aromatic heterocycles. The molecule has 3 nitrogen and oxygen atoms in total. The Morgan fingerprint density at radius 2 is 2.00 bits per heavy atom. The molecule has 1 heterocycles. The molecule has 0 spiro atoms. The predicted molar refractivity (Wildman–Crippen MR) is 69.3 cm³/mol. The van der Waals surface area contributed by atoms with Gasteiger partial charge in [-0.25, -0.2) is 0 Å². The monoisotopic (exact) mass is 241 g/mol. The van der Waals surface area contributed by atoms with E-state index in [9.17, 15) is 0 Å². The summed E-state index contributed by atoms with van der Waals surface area (Å²) in [7, 11) is 1.82. The zero-order valence-electron chi connectivity index (χ0n) is 11.1. The number of rotatable bonds is 6. The van der Waals surface area contributed by atoms with E-state index in [4.69, 9.17) is 9.47 Å². The standard InChI is InChI=1S/C14H27NO2/c1-16-13-7-2-8-14(11-13)17-10-4-6-12-5-3-9-15-12/h12-15H,2-11H2,1H3. The molecular formula is C14H27NO2. The first kappa shape index (κ1) is 13.3. The van der Waals surface area contributed by atoms with Crippen LogP contribution in [0.3, 0.4) is 0 Å². The van der Waals surface area contributed by atoms with Crippen LogP contribution in [0, 0.1) is 0 Å². The van der Waals surface area contributed by atoms with E-state index in [-0.39, 0.29) is 0 Å². The lowest BCUT2D eigenvalue weighted by molar-refractivity contribution is -0.0305. The van der Waals surface area contributed by atoms with Crippen LogP contribution in [-0.4, -0.2) is 38.5 Å². The van der Waals surface area contributed by atoms with Crippen LogP contribution in [0.5, 0.6) is 0 Å². The summed E-state index contributed by atoms with van der Waals surface area (Å²) in [5.74, 6) is 0. The van der Waals surface area contributed by atoms with Crippen LogP contribution >= 0.6 is 0 Å². The molecule has 100 valence electrons. The summed E-state index contributed by atoms with van der Waals surface area (Å²) >= 11 is 0. The van der Waals surface area contributed by atoms with Crippen molar-refractivity contribution in [3.05, 3.63) is 0 Å². The first-order chi connectivity index (χ1) is 8.38. The van der Waals surface area contributed by atoms with Crippen LogP contribution in [0.25, 0.3) is 0 Å². The predicted octanol–water partition coefficient (Wildman–Crippen LogP) is 2.49. The molecule has 1 aliphatic heterocycles. The highest BCUT2D eigenvalue weighted by atomic mass is 16.5. The molecule has 1 N–H and O–H groups in total. The number of nitrogens with one attached hydrogen (secondary N) is 1. The first-order valence-corrected chi connectivity index (χ1v) is 7.26. The van der Waals surface area contributed by atoms with E-state index in [2.05, 4.69) is 5.32 Å². The molecule has 2 fully saturated rings. The van der Waals surface area contributed by atoms with E-state index in [1.54, 1.807) is 0 Å². The molecule has 1 saturated heterocycles. The van der Waals surface area contributed by atoms with Gasteiger partial charge in [0.05, 0.1) is 12.2 Å². The summed E-state index contributed by atoms with van der Waals surface area (Å²) < 4.78 is 11.4. The van der Waals surface area contributed by atoms with Gasteiger partial charge in [0.15, 0.2) is 0 Å². The maximum Gasteiger partial charge on any atom is 0.0599 e. The van der Waals surface area contributed by atoms with Crippen molar-refractivity contribution in [3.8, 4) is 0 Å². The van der Waals surface area contributed by atoms with Crippen molar-refractivity contribution < 1.29 is 9.47 Å². The molecule has 1 saturated carbocycles. The second kappa shape index (κ2) is 7.34. The maximum atomic E-state index is 5.97. The van der Waals surface area contributed by atoms with Gasteiger partial charge in [-0.2, -0.15) is 0 Å². The summed E-state index contributed by atoms with van der Waals surface area (Å²) in [6.45, 7) is 2.14. The van der Waals surface area contributed by atoms with Gasteiger partial charge in [0.2, 0.25) is 0 Å². The highest BCUT2D eigenvalue weighted by molar-refractivity contribution is 4.75. The fourth-order valence-electron chi connectivity index (χ4n) is 3.05. The largest absolute Gasteiger partial charge is 0.381 e. The normalized spacial score (nSPS) is 34.1. The third-order valence-corrected chi connectivity index (χ3v) is 4.12. The average Bonchev–Trinajstić information content (AvgIpc) is 2.88. The lowest BCUT2D eigenvalue weighted by Gasteiger charge is -2.28. The summed E-state index contributed by atoms with van der Waals surface area (Å²) in [4.78, 5) is 0. The Morgan fingerprint density at radius 1 is 1.12 bits per heavy atom. The highest BCUT2D eigenvalue weighted by Gasteiger charge is 2.22. The Hall–Kier alpha value is -0.120. The topological polar surface area (TPSA) is 30.5 Å². The lowest BCUT2D eigenvalue weighted by atomic mass is 9.95. The summed E-state index contributed by atoms with van der Waals surface area (Å²) in [6.07, 6.45) is 10.9. The van der Waals surface area contributed by atoms with Crippen LogP contribution in [0.2, 0.25) is 0 Å². The van der Waals surface area contributed by atoms with Gasteiger partial charge in [-0.1, -0.05) is 0 Å². The number of ether oxygens (including phenoxy) is 2. The lowest BCUT2D eigenvalue weighted by Crippen LogP contribution is -2.28. The zero-order valence-corrected chi connectivity index (χ0v) is 11.1. The highest BCUT2D eigenvalue weighted by Crippen LogP contribution is 2.23. The molecule has 3 heteroatoms. The van der Waals surface area contributed by atoms with Crippen LogP contribution in [0.1, 0.15) is 51.4 Å². The first-order valence-electron chi connectivity index (χ1n) is 7.26. The van der Waals surface area contributed by atoms with Gasteiger partial charge in [-0.05, 0) is 57.9 Å². The SMILES string of the molecule is COC1CCCC(OCCCC2CCCN2)C1. The summed E-state index contributed by atoms with van der Waals surface area (Å²) in [6, 6.07) is 0.761. The van der Waals surface area contributed by atoms with Crippen LogP contribution in [0.4, 0.5) is 0 Å². The van der Waals surface area contributed by atoms with Crippen molar-refractivity contribution in [2.45, 2.75) is 69.6 Å². The molecule has 0 radical (unpaired) electrons. The maximum absolute atomic E-state index is 5.97. The van der Waals surface area contributed by atoms with Gasteiger partial charge in [-0.3, -0.25) is 0 Å². The molecule has 0 aromatic rings. The number of hydrogen-bond donors (Lipinski definition) is 1. The van der Waals surface area contributed by atoms with Crippen molar-refractivity contribution in [2.75, 3.05) is 20.3 Å². The van der Waals surface area contributed by atoms with E-state index >= 15 is 0 Å². The number of methoxy groups -OCH3 is 1. The van der Waals surface area contributed by atoms with E-state index in [1.807, 2.05) is 7.11 Å². The third-order valence-electron chi connectivity index (χ3n) is 4.12. The van der Waals surface area contributed by atoms with E-state index in [0.717, 1.165) is 19.1 Å². The van der Waals surface area contributed by atoms with Gasteiger partial charge in [0, 0.05) is 19.8 Å². The average molecular weight is 241 g/mol. The van der Waals surface area contributed by atoms with Crippen molar-refractivity contribution in [2.24, 2.45) is 0 Å². The Bertz CT molecular complexity index is 204. The Balaban J connectivity index is 1.52. The number of hydrogen-bond acceptors (Lipinski definition) is 3. The van der Waals surface area contributed by atoms with Crippen LogP contribution in [-0.2, 0) is 9.47 Å². The van der Waals surface area contributed by atoms with Crippen LogP contribution < -0.4 is 5.32 Å². The van der Waals surface area contributed by atoms with E-state index in [1.165, 1.54) is 51.5 Å². The summed E-state index contributed by atoms with van der Waals surface area (Å²) in [5, 5.41) is 3.54. The second-order valence-electron chi connectivity index (χ2n) is 5.45. The smallest absolute Gasteiger partial charge is 0.0599 e.